The number of hydrogen-bond acceptors (Lipinski definition) is 3. The molecule has 0 aliphatic carbocycles. The molecular weight excluding hydrogens is 286 g/mol. The minimum Gasteiger partial charge on any atom is -0.481 e. The van der Waals surface area contributed by atoms with Gasteiger partial charge >= 0.3 is 11.9 Å². The van der Waals surface area contributed by atoms with Crippen LogP contribution in [0.3, 0.4) is 0 Å². The number of carbonyl (C=O) groups excluding carboxylic acids is 1. The number of fused-ring (bicyclic) bond motifs is 1. The molecule has 22 heavy (non-hydrogen) atoms. The SMILES string of the molecule is O=C(O)c1cc2ccccc2cc1N1CC(C(=O)O)CC1=O. The molecule has 0 radical (unpaired) electrons. The standard InChI is InChI=1S/C16H13NO5/c18-14-7-11(15(19)20)8-17(14)13-6-10-4-2-1-3-9(10)5-12(13)16(21)22/h1-6,11H,7-8H2,(H,19,20)(H,21,22). The Morgan fingerprint density at radius 3 is 2.27 bits per heavy atom. The zero-order valence-electron chi connectivity index (χ0n) is 11.5. The second-order valence-electron chi connectivity index (χ2n) is 5.27. The Labute approximate surface area is 125 Å². The Hall–Kier alpha value is -2.89. The Kier molecular flexibility index (Phi) is 3.29. The Bertz CT molecular complexity index is 798. The molecule has 1 aliphatic heterocycles. The highest BCUT2D eigenvalue weighted by Gasteiger charge is 2.36. The lowest BCUT2D eigenvalue weighted by molar-refractivity contribution is -0.141. The van der Waals surface area contributed by atoms with Gasteiger partial charge in [-0.1, -0.05) is 24.3 Å². The van der Waals surface area contributed by atoms with Gasteiger partial charge in [-0.25, -0.2) is 4.79 Å². The van der Waals surface area contributed by atoms with Gasteiger partial charge in [0.15, 0.2) is 0 Å². The van der Waals surface area contributed by atoms with Crippen molar-refractivity contribution in [2.75, 3.05) is 11.4 Å². The normalized spacial score (nSPS) is 17.9. The van der Waals surface area contributed by atoms with Gasteiger partial charge in [-0.3, -0.25) is 9.59 Å². The highest BCUT2D eigenvalue weighted by Crippen LogP contribution is 2.32. The van der Waals surface area contributed by atoms with Crippen molar-refractivity contribution in [1.82, 2.24) is 0 Å². The molecule has 0 bridgehead atoms. The van der Waals surface area contributed by atoms with E-state index >= 15 is 0 Å². The van der Waals surface area contributed by atoms with Crippen LogP contribution < -0.4 is 4.90 Å². The van der Waals surface area contributed by atoms with Crippen molar-refractivity contribution in [2.24, 2.45) is 5.92 Å². The van der Waals surface area contributed by atoms with Crippen LogP contribution in [-0.2, 0) is 9.59 Å². The third-order valence-corrected chi connectivity index (χ3v) is 3.86. The maximum absolute atomic E-state index is 12.1. The highest BCUT2D eigenvalue weighted by molar-refractivity contribution is 6.08. The van der Waals surface area contributed by atoms with E-state index in [1.165, 1.54) is 11.0 Å². The number of nitrogens with zero attached hydrogens (tertiary/aromatic N) is 1. The fraction of sp³-hybridized carbons (Fsp3) is 0.188. The number of carboxylic acids is 2. The zero-order chi connectivity index (χ0) is 15.9. The topological polar surface area (TPSA) is 94.9 Å². The van der Waals surface area contributed by atoms with E-state index in [1.807, 2.05) is 12.1 Å². The van der Waals surface area contributed by atoms with Crippen molar-refractivity contribution in [3.05, 3.63) is 42.0 Å². The summed E-state index contributed by atoms with van der Waals surface area (Å²) in [6, 6.07) is 10.4. The molecule has 2 aromatic rings. The van der Waals surface area contributed by atoms with E-state index in [1.54, 1.807) is 18.2 Å². The van der Waals surface area contributed by atoms with Crippen molar-refractivity contribution in [1.29, 1.82) is 0 Å². The van der Waals surface area contributed by atoms with E-state index in [2.05, 4.69) is 0 Å². The molecular formula is C16H13NO5. The number of rotatable bonds is 3. The van der Waals surface area contributed by atoms with E-state index in [9.17, 15) is 19.5 Å². The van der Waals surface area contributed by atoms with Gasteiger partial charge in [0.2, 0.25) is 5.91 Å². The van der Waals surface area contributed by atoms with Crippen LogP contribution in [0.1, 0.15) is 16.8 Å². The average Bonchev–Trinajstić information content (AvgIpc) is 2.88. The molecule has 1 fully saturated rings. The van der Waals surface area contributed by atoms with Crippen LogP contribution in [0.15, 0.2) is 36.4 Å². The summed E-state index contributed by atoms with van der Waals surface area (Å²) in [6.45, 7) is -0.00716. The van der Waals surface area contributed by atoms with Crippen LogP contribution in [0.5, 0.6) is 0 Å². The third kappa shape index (κ3) is 2.28. The van der Waals surface area contributed by atoms with Crippen LogP contribution in [-0.4, -0.2) is 34.6 Å². The van der Waals surface area contributed by atoms with Crippen molar-refractivity contribution in [3.63, 3.8) is 0 Å². The van der Waals surface area contributed by atoms with Gasteiger partial charge in [-0.05, 0) is 22.9 Å². The molecule has 1 amide bonds. The summed E-state index contributed by atoms with van der Waals surface area (Å²) >= 11 is 0. The Balaban J connectivity index is 2.13. The molecule has 112 valence electrons. The fourth-order valence-electron chi connectivity index (χ4n) is 2.73. The van der Waals surface area contributed by atoms with Crippen LogP contribution in [0, 0.1) is 5.92 Å². The lowest BCUT2D eigenvalue weighted by atomic mass is 10.0. The fourth-order valence-corrected chi connectivity index (χ4v) is 2.73. The van der Waals surface area contributed by atoms with Crippen LogP contribution in [0.25, 0.3) is 10.8 Å². The molecule has 0 spiro atoms. The summed E-state index contributed by atoms with van der Waals surface area (Å²) in [7, 11) is 0. The monoisotopic (exact) mass is 299 g/mol. The first-order valence-corrected chi connectivity index (χ1v) is 6.76. The third-order valence-electron chi connectivity index (χ3n) is 3.86. The van der Waals surface area contributed by atoms with Crippen LogP contribution in [0.4, 0.5) is 5.69 Å². The second kappa shape index (κ2) is 5.14. The minimum atomic E-state index is -1.15. The number of benzene rings is 2. The molecule has 2 aromatic carbocycles. The summed E-state index contributed by atoms with van der Waals surface area (Å²) in [5, 5.41) is 20.0. The molecule has 0 saturated carbocycles. The molecule has 6 heteroatoms. The lowest BCUT2D eigenvalue weighted by Crippen LogP contribution is -2.27. The van der Waals surface area contributed by atoms with Gasteiger partial charge in [0.25, 0.3) is 0 Å². The number of amides is 1. The number of carboxylic acid groups (broad SMARTS) is 2. The van der Waals surface area contributed by atoms with Gasteiger partial charge in [-0.15, -0.1) is 0 Å². The Morgan fingerprint density at radius 2 is 1.73 bits per heavy atom. The van der Waals surface area contributed by atoms with E-state index in [4.69, 9.17) is 5.11 Å². The lowest BCUT2D eigenvalue weighted by Gasteiger charge is -2.19. The largest absolute Gasteiger partial charge is 0.481 e. The summed E-state index contributed by atoms with van der Waals surface area (Å²) in [5.74, 6) is -3.37. The molecule has 0 aromatic heterocycles. The molecule has 1 heterocycles. The molecule has 6 nitrogen and oxygen atoms in total. The van der Waals surface area contributed by atoms with Gasteiger partial charge in [-0.2, -0.15) is 0 Å². The maximum atomic E-state index is 12.1. The van der Waals surface area contributed by atoms with Crippen LogP contribution >= 0.6 is 0 Å². The van der Waals surface area contributed by atoms with Crippen molar-refractivity contribution in [3.8, 4) is 0 Å². The van der Waals surface area contributed by atoms with Crippen LogP contribution in [0.2, 0.25) is 0 Å². The number of anilines is 1. The summed E-state index contributed by atoms with van der Waals surface area (Å²) in [4.78, 5) is 35.9. The van der Waals surface area contributed by atoms with E-state index in [0.29, 0.717) is 0 Å². The van der Waals surface area contributed by atoms with E-state index < -0.39 is 17.9 Å². The number of aromatic carboxylic acids is 1. The maximum Gasteiger partial charge on any atom is 0.337 e. The van der Waals surface area contributed by atoms with Gasteiger partial charge in [0.1, 0.15) is 0 Å². The minimum absolute atomic E-state index is 0.00177. The molecule has 1 unspecified atom stereocenters. The van der Waals surface area contributed by atoms with E-state index in [-0.39, 0.29) is 30.1 Å². The summed E-state index contributed by atoms with van der Waals surface area (Å²) in [6.07, 6.45) is -0.110. The number of aliphatic carboxylic acids is 1. The number of carbonyl (C=O) groups is 3. The second-order valence-corrected chi connectivity index (χ2v) is 5.27. The quantitative estimate of drug-likeness (QED) is 0.903. The Morgan fingerprint density at radius 1 is 1.09 bits per heavy atom. The number of hydrogen-bond donors (Lipinski definition) is 2. The molecule has 1 atom stereocenters. The summed E-state index contributed by atoms with van der Waals surface area (Å²) < 4.78 is 0. The molecule has 1 aliphatic rings. The smallest absolute Gasteiger partial charge is 0.337 e. The van der Waals surface area contributed by atoms with Crippen molar-refractivity contribution < 1.29 is 24.6 Å². The van der Waals surface area contributed by atoms with Gasteiger partial charge in [0, 0.05) is 13.0 Å². The first-order chi connectivity index (χ1) is 10.5. The first kappa shape index (κ1) is 14.1. The molecule has 2 N–H and O–H groups in total. The molecule has 3 rings (SSSR count). The van der Waals surface area contributed by atoms with Crippen molar-refractivity contribution in [2.45, 2.75) is 6.42 Å². The van der Waals surface area contributed by atoms with Crippen molar-refractivity contribution >= 4 is 34.3 Å². The van der Waals surface area contributed by atoms with E-state index in [0.717, 1.165) is 10.8 Å². The predicted molar refractivity (Wildman–Crippen MR) is 79.0 cm³/mol. The zero-order valence-corrected chi connectivity index (χ0v) is 11.5. The predicted octanol–water partition coefficient (Wildman–Crippen LogP) is 1.98. The molecule has 1 saturated heterocycles. The first-order valence-electron chi connectivity index (χ1n) is 6.76. The van der Waals surface area contributed by atoms with Gasteiger partial charge < -0.3 is 15.1 Å². The highest BCUT2D eigenvalue weighted by atomic mass is 16.4. The summed E-state index contributed by atoms with van der Waals surface area (Å²) in [5.41, 5.74) is 0.248. The van der Waals surface area contributed by atoms with Gasteiger partial charge in [0.05, 0.1) is 17.2 Å². The average molecular weight is 299 g/mol.